The number of hydrogen-bond acceptors (Lipinski definition) is 4. The van der Waals surface area contributed by atoms with E-state index in [0.717, 1.165) is 12.0 Å². The van der Waals surface area contributed by atoms with Gasteiger partial charge in [-0.2, -0.15) is 0 Å². The predicted octanol–water partition coefficient (Wildman–Crippen LogP) is 2.08. The van der Waals surface area contributed by atoms with Crippen molar-refractivity contribution >= 4 is 12.0 Å². The third-order valence-corrected chi connectivity index (χ3v) is 2.21. The maximum absolute atomic E-state index is 5.07. The molecule has 0 radical (unpaired) electrons. The maximum atomic E-state index is 5.07. The summed E-state index contributed by atoms with van der Waals surface area (Å²) < 4.78 is 5.07. The summed E-state index contributed by atoms with van der Waals surface area (Å²) in [5.41, 5.74) is 2.43. The van der Waals surface area contributed by atoms with E-state index < -0.39 is 0 Å². The summed E-state index contributed by atoms with van der Waals surface area (Å²) in [6.45, 7) is 0.680. The minimum Gasteiger partial charge on any atom is -0.380 e. The molecule has 0 unspecified atom stereocenters. The van der Waals surface area contributed by atoms with E-state index in [1.54, 1.807) is 25.7 Å². The molecule has 0 atom stereocenters. The molecule has 1 heterocycles. The van der Waals surface area contributed by atoms with Crippen LogP contribution in [-0.4, -0.2) is 29.9 Å². The highest BCUT2D eigenvalue weighted by Crippen LogP contribution is 2.18. The summed E-state index contributed by atoms with van der Waals surface area (Å²) in [6.07, 6.45) is 11.7. The molecule has 0 aromatic carbocycles. The number of nitrogens with zero attached hydrogens (tertiary/aromatic N) is 3. The van der Waals surface area contributed by atoms with Crippen LogP contribution in [0.15, 0.2) is 46.9 Å². The first-order chi connectivity index (χ1) is 7.88. The third-order valence-electron chi connectivity index (χ3n) is 2.21. The number of aromatic nitrogens is 2. The Morgan fingerprint density at radius 3 is 3.12 bits per heavy atom. The van der Waals surface area contributed by atoms with Crippen LogP contribution in [0.3, 0.4) is 0 Å². The van der Waals surface area contributed by atoms with Gasteiger partial charge in [-0.25, -0.2) is 9.98 Å². The molecule has 1 aromatic heterocycles. The average molecular weight is 215 g/mol. The fourth-order valence-corrected chi connectivity index (χ4v) is 1.49. The Morgan fingerprint density at radius 2 is 2.38 bits per heavy atom. The van der Waals surface area contributed by atoms with E-state index in [1.165, 1.54) is 5.57 Å². The van der Waals surface area contributed by atoms with Gasteiger partial charge in [-0.1, -0.05) is 12.2 Å². The molecule has 1 aliphatic carbocycles. The number of aliphatic imine (C=N–C) groups is 1. The van der Waals surface area contributed by atoms with Gasteiger partial charge in [0.25, 0.3) is 0 Å². The van der Waals surface area contributed by atoms with Gasteiger partial charge in [-0.15, -0.1) is 0 Å². The van der Waals surface area contributed by atoms with Crippen molar-refractivity contribution < 1.29 is 4.74 Å². The number of methoxy groups -OCH3 is 1. The van der Waals surface area contributed by atoms with Crippen molar-refractivity contribution in [2.45, 2.75) is 6.42 Å². The van der Waals surface area contributed by atoms with Crippen LogP contribution >= 0.6 is 0 Å². The Balaban J connectivity index is 1.92. The molecule has 0 saturated carbocycles. The second-order valence-corrected chi connectivity index (χ2v) is 3.50. The van der Waals surface area contributed by atoms with Gasteiger partial charge in [0, 0.05) is 25.7 Å². The first-order valence-corrected chi connectivity index (χ1v) is 5.06. The Bertz CT molecular complexity index is 435. The molecule has 1 aliphatic rings. The monoisotopic (exact) mass is 215 g/mol. The molecule has 16 heavy (non-hydrogen) atoms. The zero-order chi connectivity index (χ0) is 11.2. The lowest BCUT2D eigenvalue weighted by Gasteiger charge is -1.99. The van der Waals surface area contributed by atoms with Crippen LogP contribution < -0.4 is 0 Å². The Morgan fingerprint density at radius 1 is 1.44 bits per heavy atom. The second-order valence-electron chi connectivity index (χ2n) is 3.50. The molecule has 82 valence electrons. The Kier molecular flexibility index (Phi) is 3.56. The smallest absolute Gasteiger partial charge is 0.170 e. The summed E-state index contributed by atoms with van der Waals surface area (Å²) in [5.74, 6) is 0.628. The number of allylic oxidation sites excluding steroid dienone is 3. The van der Waals surface area contributed by atoms with Crippen molar-refractivity contribution in [2.75, 3.05) is 13.7 Å². The van der Waals surface area contributed by atoms with Crippen LogP contribution in [0.5, 0.6) is 0 Å². The normalized spacial score (nSPS) is 15.3. The van der Waals surface area contributed by atoms with E-state index >= 15 is 0 Å². The summed E-state index contributed by atoms with van der Waals surface area (Å²) >= 11 is 0. The molecule has 0 spiro atoms. The molecule has 0 amide bonds. The van der Waals surface area contributed by atoms with E-state index in [0.29, 0.717) is 12.4 Å². The van der Waals surface area contributed by atoms with Crippen molar-refractivity contribution in [3.05, 3.63) is 41.9 Å². The average Bonchev–Trinajstić information content (AvgIpc) is 2.76. The van der Waals surface area contributed by atoms with Crippen LogP contribution in [0.4, 0.5) is 5.82 Å². The SMILES string of the molecule is COCC1=CC=C(C=Nc2cnccn2)C1. The molecule has 0 N–H and O–H groups in total. The minimum absolute atomic E-state index is 0.628. The lowest BCUT2D eigenvalue weighted by molar-refractivity contribution is 0.224. The van der Waals surface area contributed by atoms with Crippen LogP contribution in [0, 0.1) is 0 Å². The van der Waals surface area contributed by atoms with Crippen molar-refractivity contribution in [3.63, 3.8) is 0 Å². The molecule has 0 aliphatic heterocycles. The molecular formula is C12H13N3O. The lowest BCUT2D eigenvalue weighted by Crippen LogP contribution is -1.92. The highest BCUT2D eigenvalue weighted by atomic mass is 16.5. The summed E-state index contributed by atoms with van der Waals surface area (Å²) in [4.78, 5) is 12.3. The Labute approximate surface area is 94.4 Å². The van der Waals surface area contributed by atoms with E-state index in [4.69, 9.17) is 4.74 Å². The van der Waals surface area contributed by atoms with Crippen LogP contribution in [-0.2, 0) is 4.74 Å². The first-order valence-electron chi connectivity index (χ1n) is 5.06. The lowest BCUT2D eigenvalue weighted by atomic mass is 10.2. The van der Waals surface area contributed by atoms with Crippen LogP contribution in [0.2, 0.25) is 0 Å². The second kappa shape index (κ2) is 5.32. The first kappa shape index (κ1) is 10.7. The van der Waals surface area contributed by atoms with Gasteiger partial charge in [0.1, 0.15) is 0 Å². The molecule has 1 aromatic rings. The number of rotatable bonds is 4. The fraction of sp³-hybridized carbons (Fsp3) is 0.250. The summed E-state index contributed by atoms with van der Waals surface area (Å²) in [6, 6.07) is 0. The van der Waals surface area contributed by atoms with Crippen molar-refractivity contribution in [1.82, 2.24) is 9.97 Å². The third kappa shape index (κ3) is 2.84. The number of ether oxygens (including phenoxy) is 1. The highest BCUT2D eigenvalue weighted by molar-refractivity contribution is 5.82. The van der Waals surface area contributed by atoms with Gasteiger partial charge >= 0.3 is 0 Å². The number of hydrogen-bond donors (Lipinski definition) is 0. The fourth-order valence-electron chi connectivity index (χ4n) is 1.49. The van der Waals surface area contributed by atoms with Gasteiger partial charge < -0.3 is 4.74 Å². The van der Waals surface area contributed by atoms with E-state index in [1.807, 2.05) is 12.3 Å². The molecule has 4 heteroatoms. The standard InChI is InChI=1S/C12H13N3O/c1-16-9-11-3-2-10(6-11)7-15-12-8-13-4-5-14-12/h2-5,7-8H,6,9H2,1H3. The zero-order valence-electron chi connectivity index (χ0n) is 9.13. The topological polar surface area (TPSA) is 47.4 Å². The summed E-state index contributed by atoms with van der Waals surface area (Å²) in [5, 5.41) is 0. The molecule has 0 fully saturated rings. The molecule has 4 nitrogen and oxygen atoms in total. The predicted molar refractivity (Wildman–Crippen MR) is 62.8 cm³/mol. The van der Waals surface area contributed by atoms with E-state index in [2.05, 4.69) is 21.0 Å². The molecule has 0 bridgehead atoms. The molecule has 0 saturated heterocycles. The van der Waals surface area contributed by atoms with Gasteiger partial charge in [-0.3, -0.25) is 4.98 Å². The molecular weight excluding hydrogens is 202 g/mol. The summed E-state index contributed by atoms with van der Waals surface area (Å²) in [7, 11) is 1.70. The largest absolute Gasteiger partial charge is 0.380 e. The van der Waals surface area contributed by atoms with Gasteiger partial charge in [0.2, 0.25) is 0 Å². The van der Waals surface area contributed by atoms with Gasteiger partial charge in [0.05, 0.1) is 12.8 Å². The van der Waals surface area contributed by atoms with Crippen LogP contribution in [0.25, 0.3) is 0 Å². The molecule has 2 rings (SSSR count). The van der Waals surface area contributed by atoms with E-state index in [-0.39, 0.29) is 0 Å². The zero-order valence-corrected chi connectivity index (χ0v) is 9.13. The van der Waals surface area contributed by atoms with Gasteiger partial charge in [0.15, 0.2) is 5.82 Å². The quantitative estimate of drug-likeness (QED) is 0.722. The van der Waals surface area contributed by atoms with Crippen molar-refractivity contribution in [1.29, 1.82) is 0 Å². The van der Waals surface area contributed by atoms with Crippen LogP contribution in [0.1, 0.15) is 6.42 Å². The van der Waals surface area contributed by atoms with Crippen molar-refractivity contribution in [3.8, 4) is 0 Å². The maximum Gasteiger partial charge on any atom is 0.170 e. The van der Waals surface area contributed by atoms with E-state index in [9.17, 15) is 0 Å². The highest BCUT2D eigenvalue weighted by Gasteiger charge is 2.05. The Hall–Kier alpha value is -1.81. The van der Waals surface area contributed by atoms with Crippen molar-refractivity contribution in [2.24, 2.45) is 4.99 Å². The van der Waals surface area contributed by atoms with Gasteiger partial charge in [-0.05, 0) is 17.6 Å². The minimum atomic E-state index is 0.628.